The summed E-state index contributed by atoms with van der Waals surface area (Å²) in [5.41, 5.74) is 1.26. The summed E-state index contributed by atoms with van der Waals surface area (Å²) in [5.74, 6) is -2.79. The Kier molecular flexibility index (Phi) is 20.1. The number of ether oxygens (including phenoxy) is 4. The fourth-order valence-corrected chi connectivity index (χ4v) is 14.2. The van der Waals surface area contributed by atoms with Crippen LogP contribution in [0.4, 0.5) is 0 Å². The first-order valence-electron chi connectivity index (χ1n) is 23.4. The maximum Gasteiger partial charge on any atom is 0.475 e. The van der Waals surface area contributed by atoms with Gasteiger partial charge in [0.15, 0.2) is 30.5 Å². The van der Waals surface area contributed by atoms with Gasteiger partial charge < -0.3 is 23.4 Å². The van der Waals surface area contributed by atoms with E-state index in [9.17, 15) is 19.2 Å². The Morgan fingerprint density at radius 1 is 0.463 bits per heavy atom. The average Bonchev–Trinajstić information content (AvgIpc) is 3.31. The summed E-state index contributed by atoms with van der Waals surface area (Å²) in [7, 11) is -8.54. The van der Waals surface area contributed by atoms with E-state index in [0.29, 0.717) is 36.8 Å². The Morgan fingerprint density at radius 2 is 0.761 bits per heavy atom. The first kappa shape index (κ1) is 53.0. The number of benzene rings is 4. The smallest absolute Gasteiger partial charge is 0.455 e. The monoisotopic (exact) mass is 958 g/mol. The highest BCUT2D eigenvalue weighted by molar-refractivity contribution is 7.48. The second kappa shape index (κ2) is 25.4. The zero-order chi connectivity index (χ0) is 48.5. The molecule has 1 fully saturated rings. The number of esters is 4. The highest BCUT2D eigenvalue weighted by Gasteiger charge is 2.64. The van der Waals surface area contributed by atoms with Gasteiger partial charge >= 0.3 is 31.7 Å². The number of carbonyl (C=O) groups is 4. The van der Waals surface area contributed by atoms with Gasteiger partial charge in [-0.25, -0.2) is 4.57 Å². The molecule has 0 aliphatic heterocycles. The first-order valence-corrected chi connectivity index (χ1v) is 26.8. The maximum atomic E-state index is 15.4. The summed E-state index contributed by atoms with van der Waals surface area (Å²) in [5, 5.41) is 0.974. The highest BCUT2D eigenvalue weighted by Crippen LogP contribution is 2.55. The summed E-state index contributed by atoms with van der Waals surface area (Å²) >= 11 is 0. The number of rotatable bonds is 24. The molecule has 15 heteroatoms. The van der Waals surface area contributed by atoms with Crippen molar-refractivity contribution in [2.24, 2.45) is 0 Å². The van der Waals surface area contributed by atoms with E-state index in [0.717, 1.165) is 10.4 Å². The molecular weight excluding hydrogens is 892 g/mol. The third-order valence-corrected chi connectivity index (χ3v) is 17.7. The molecule has 0 aromatic heterocycles. The van der Waals surface area contributed by atoms with Crippen LogP contribution in [0.15, 0.2) is 121 Å². The average molecular weight is 959 g/mol. The Morgan fingerprint density at radius 3 is 1.06 bits per heavy atom. The third kappa shape index (κ3) is 14.3. The topological polar surface area (TPSA) is 159 Å². The first-order chi connectivity index (χ1) is 32.2. The number of phosphoric acid groups is 1. The summed E-state index contributed by atoms with van der Waals surface area (Å²) in [6.07, 6.45) is -8.56. The van der Waals surface area contributed by atoms with E-state index in [2.05, 4.69) is 0 Å². The highest BCUT2D eigenvalue weighted by atomic mass is 31.2. The number of hydrogen-bond donors (Lipinski definition) is 0. The quantitative estimate of drug-likeness (QED) is 0.0283. The Bertz CT molecular complexity index is 2070. The largest absolute Gasteiger partial charge is 0.475 e. The lowest BCUT2D eigenvalue weighted by Crippen LogP contribution is -2.74. The van der Waals surface area contributed by atoms with Crippen LogP contribution in [0.25, 0.3) is 0 Å². The van der Waals surface area contributed by atoms with Crippen LogP contribution in [0.5, 0.6) is 0 Å². The third-order valence-electron chi connectivity index (χ3n) is 11.3. The van der Waals surface area contributed by atoms with Crippen molar-refractivity contribution >= 4 is 50.4 Å². The molecule has 0 N–H and O–H groups in total. The minimum Gasteiger partial charge on any atom is -0.455 e. The van der Waals surface area contributed by atoms with Gasteiger partial charge in [-0.3, -0.25) is 32.7 Å². The van der Waals surface area contributed by atoms with Gasteiger partial charge in [-0.15, -0.1) is 0 Å². The van der Waals surface area contributed by atoms with Gasteiger partial charge in [0.1, 0.15) is 6.10 Å². The van der Waals surface area contributed by atoms with Crippen LogP contribution >= 0.6 is 7.82 Å². The molecule has 5 rings (SSSR count). The van der Waals surface area contributed by atoms with Crippen molar-refractivity contribution in [2.45, 2.75) is 155 Å². The van der Waals surface area contributed by atoms with Crippen LogP contribution in [-0.2, 0) is 73.9 Å². The van der Waals surface area contributed by atoms with E-state index in [4.69, 9.17) is 36.9 Å². The zero-order valence-electron chi connectivity index (χ0n) is 39.8. The van der Waals surface area contributed by atoms with Crippen LogP contribution < -0.4 is 10.4 Å². The van der Waals surface area contributed by atoms with Crippen LogP contribution in [0.1, 0.15) is 111 Å². The van der Waals surface area contributed by atoms with E-state index >= 15 is 4.57 Å². The minimum atomic E-state index is -4.84. The second-order valence-electron chi connectivity index (χ2n) is 17.6. The predicted octanol–water partition coefficient (Wildman–Crippen LogP) is 9.72. The Hall–Kier alpha value is -4.95. The van der Waals surface area contributed by atoms with Gasteiger partial charge in [-0.1, -0.05) is 170 Å². The standard InChI is InChI=1S/C52H67O13PSi/c1-8-24-42(53)60-46-48(62-44(55)26-10-3)51(65-67(52(5,6)7,40-32-20-14-21-33-40)41-34-22-15-23-35-41)49(63-45(56)27-11-4)47(61-43(54)25-9-2)50(46)64-66(57,58-36-38-28-16-12-17-29-38)59-37-39-30-18-13-19-31-39/h12-23,28-35,46-51H,8-11,24-27,36-37H2,1-7H3/t46-,47+,48-,49-,50?,51?/m1/s1. The van der Waals surface area contributed by atoms with Crippen molar-refractivity contribution < 1.29 is 60.7 Å². The molecular formula is C52H67O13PSi. The van der Waals surface area contributed by atoms with Gasteiger partial charge in [-0.05, 0) is 52.2 Å². The summed E-state index contributed by atoms with van der Waals surface area (Å²) in [6.45, 7) is 12.9. The normalized spacial score (nSPS) is 19.8. The van der Waals surface area contributed by atoms with Gasteiger partial charge in [-0.2, -0.15) is 0 Å². The van der Waals surface area contributed by atoms with Crippen LogP contribution in [0.3, 0.4) is 0 Å². The lowest BCUT2D eigenvalue weighted by atomic mass is 9.84. The Balaban J connectivity index is 1.83. The molecule has 13 nitrogen and oxygen atoms in total. The zero-order valence-corrected chi connectivity index (χ0v) is 41.7. The molecule has 0 spiro atoms. The molecule has 67 heavy (non-hydrogen) atoms. The molecule has 362 valence electrons. The minimum absolute atomic E-state index is 0.0440. The molecule has 1 aliphatic rings. The second-order valence-corrected chi connectivity index (χ2v) is 23.5. The van der Waals surface area contributed by atoms with Crippen LogP contribution in [-0.4, -0.2) is 68.8 Å². The van der Waals surface area contributed by atoms with Crippen LogP contribution in [0, 0.1) is 0 Å². The van der Waals surface area contributed by atoms with Crippen molar-refractivity contribution in [3.8, 4) is 0 Å². The van der Waals surface area contributed by atoms with Crippen LogP contribution in [0.2, 0.25) is 5.04 Å². The summed E-state index contributed by atoms with van der Waals surface area (Å²) < 4.78 is 67.6. The van der Waals surface area contributed by atoms with E-state index in [1.807, 2.05) is 107 Å². The molecule has 0 amide bonds. The molecule has 6 atom stereocenters. The SMILES string of the molecule is CCCC(=O)O[C@@H]1C(OP(=O)(OCc2ccccc2)OCc2ccccc2)[C@H](OC(=O)CCC)[C@@H](OC(=O)CCC)C(O[Si](c2ccccc2)(c2ccccc2)C(C)(C)C)[C@@H]1OC(=O)CCC. The number of phosphoric ester groups is 1. The molecule has 1 saturated carbocycles. The molecule has 4 aromatic carbocycles. The Labute approximate surface area is 396 Å². The molecule has 0 bridgehead atoms. The number of carbonyl (C=O) groups excluding carboxylic acids is 4. The summed E-state index contributed by atoms with van der Waals surface area (Å²) in [4.78, 5) is 56.1. The molecule has 4 aromatic rings. The van der Waals surface area contributed by atoms with Gasteiger partial charge in [0, 0.05) is 25.7 Å². The number of hydrogen-bond acceptors (Lipinski definition) is 13. The lowest BCUT2D eigenvalue weighted by molar-refractivity contribution is -0.248. The van der Waals surface area contributed by atoms with Crippen molar-refractivity contribution in [1.82, 2.24) is 0 Å². The molecule has 0 radical (unpaired) electrons. The van der Waals surface area contributed by atoms with E-state index in [1.54, 1.807) is 62.4 Å². The van der Waals surface area contributed by atoms with E-state index in [-0.39, 0.29) is 38.9 Å². The van der Waals surface area contributed by atoms with Gasteiger partial charge in [0.25, 0.3) is 8.32 Å². The van der Waals surface area contributed by atoms with Crippen molar-refractivity contribution in [2.75, 3.05) is 0 Å². The molecule has 1 aliphatic carbocycles. The van der Waals surface area contributed by atoms with E-state index in [1.165, 1.54) is 0 Å². The molecule has 2 unspecified atom stereocenters. The lowest BCUT2D eigenvalue weighted by Gasteiger charge is -2.52. The van der Waals surface area contributed by atoms with Crippen molar-refractivity contribution in [3.05, 3.63) is 132 Å². The predicted molar refractivity (Wildman–Crippen MR) is 257 cm³/mol. The molecule has 0 heterocycles. The fourth-order valence-electron chi connectivity index (χ4n) is 8.17. The van der Waals surface area contributed by atoms with Gasteiger partial charge in [0.05, 0.1) is 13.2 Å². The van der Waals surface area contributed by atoms with Crippen molar-refractivity contribution in [1.29, 1.82) is 0 Å². The van der Waals surface area contributed by atoms with E-state index < -0.39 is 81.7 Å². The fraction of sp³-hybridized carbons (Fsp3) is 0.462. The molecule has 0 saturated heterocycles. The maximum absolute atomic E-state index is 15.4. The van der Waals surface area contributed by atoms with Crippen molar-refractivity contribution in [3.63, 3.8) is 0 Å². The van der Waals surface area contributed by atoms with Gasteiger partial charge in [0.2, 0.25) is 0 Å². The summed E-state index contributed by atoms with van der Waals surface area (Å²) in [6, 6.07) is 37.2.